The van der Waals surface area contributed by atoms with Crippen molar-refractivity contribution in [3.05, 3.63) is 41.5 Å². The van der Waals surface area contributed by atoms with E-state index in [2.05, 4.69) is 20.5 Å². The number of nitrogens with one attached hydrogen (secondary N) is 2. The van der Waals surface area contributed by atoms with Gasteiger partial charge in [-0.1, -0.05) is 6.07 Å². The molecule has 0 saturated heterocycles. The first-order valence-electron chi connectivity index (χ1n) is 7.41. The lowest BCUT2D eigenvalue weighted by Gasteiger charge is -2.06. The second-order valence-corrected chi connectivity index (χ2v) is 5.11. The lowest BCUT2D eigenvalue weighted by Crippen LogP contribution is -2.12. The average molecular weight is 341 g/mol. The van der Waals surface area contributed by atoms with Crippen molar-refractivity contribution in [3.8, 4) is 5.75 Å². The largest absolute Gasteiger partial charge is 0.508 e. The number of hydrogen-bond acceptors (Lipinski definition) is 7. The first-order valence-corrected chi connectivity index (χ1v) is 7.41. The highest BCUT2D eigenvalue weighted by Gasteiger charge is 2.18. The van der Waals surface area contributed by atoms with Gasteiger partial charge in [0.15, 0.2) is 11.5 Å². The molecule has 1 aromatic carbocycles. The molecule has 0 unspecified atom stereocenters. The van der Waals surface area contributed by atoms with E-state index < -0.39 is 11.9 Å². The first kappa shape index (κ1) is 16.2. The number of amides is 1. The van der Waals surface area contributed by atoms with Crippen LogP contribution >= 0.6 is 0 Å². The number of aromatic amines is 1. The van der Waals surface area contributed by atoms with Gasteiger partial charge in [-0.25, -0.2) is 9.78 Å². The van der Waals surface area contributed by atoms with Crippen molar-refractivity contribution in [2.75, 3.05) is 17.7 Å². The number of esters is 1. The molecule has 25 heavy (non-hydrogen) atoms. The van der Waals surface area contributed by atoms with Crippen LogP contribution in [-0.2, 0) is 4.74 Å². The number of phenols is 1. The van der Waals surface area contributed by atoms with Gasteiger partial charge in [0.05, 0.1) is 12.0 Å². The third-order valence-corrected chi connectivity index (χ3v) is 3.42. The number of pyridine rings is 1. The number of carbonyl (C=O) groups excluding carboxylic acids is 2. The van der Waals surface area contributed by atoms with E-state index in [0.717, 1.165) is 0 Å². The molecule has 3 rings (SSSR count). The predicted octanol–water partition coefficient (Wildman–Crippen LogP) is 1.67. The number of anilines is 2. The van der Waals surface area contributed by atoms with Gasteiger partial charge in [-0.05, 0) is 31.2 Å². The number of aromatic hydroxyl groups is 1. The number of benzene rings is 1. The molecule has 0 radical (unpaired) electrons. The minimum atomic E-state index is -0.610. The maximum absolute atomic E-state index is 12.3. The van der Waals surface area contributed by atoms with Crippen LogP contribution in [0.4, 0.5) is 11.6 Å². The Hall–Kier alpha value is -3.62. The van der Waals surface area contributed by atoms with Gasteiger partial charge in [-0.2, -0.15) is 5.10 Å². The Labute approximate surface area is 141 Å². The fourth-order valence-electron chi connectivity index (χ4n) is 2.26. The SMILES string of the molecule is CCOC(=O)c1cc2c(NC(=O)c3cccc(O)c3)n[nH]c2nc1N. The summed E-state index contributed by atoms with van der Waals surface area (Å²) in [6.07, 6.45) is 0. The third-order valence-electron chi connectivity index (χ3n) is 3.42. The Bertz CT molecular complexity index is 966. The van der Waals surface area contributed by atoms with Crippen LogP contribution in [0.15, 0.2) is 30.3 Å². The molecule has 3 aromatic rings. The number of fused-ring (bicyclic) bond motifs is 1. The van der Waals surface area contributed by atoms with Crippen molar-refractivity contribution >= 4 is 34.5 Å². The number of carbonyl (C=O) groups is 2. The zero-order chi connectivity index (χ0) is 18.0. The topological polar surface area (TPSA) is 143 Å². The van der Waals surface area contributed by atoms with Crippen LogP contribution in [0.3, 0.4) is 0 Å². The van der Waals surface area contributed by atoms with Gasteiger partial charge in [0.25, 0.3) is 5.91 Å². The monoisotopic (exact) mass is 341 g/mol. The minimum Gasteiger partial charge on any atom is -0.508 e. The Balaban J connectivity index is 1.95. The van der Waals surface area contributed by atoms with E-state index in [9.17, 15) is 14.7 Å². The van der Waals surface area contributed by atoms with Crippen molar-refractivity contribution in [1.29, 1.82) is 0 Å². The molecule has 9 nitrogen and oxygen atoms in total. The quantitative estimate of drug-likeness (QED) is 0.528. The molecular weight excluding hydrogens is 326 g/mol. The summed E-state index contributed by atoms with van der Waals surface area (Å²) in [5.41, 5.74) is 6.42. The number of phenolic OH excluding ortho intramolecular Hbond substituents is 1. The van der Waals surface area contributed by atoms with Crippen LogP contribution in [0.5, 0.6) is 5.75 Å². The molecular formula is C16H15N5O4. The first-order chi connectivity index (χ1) is 12.0. The normalized spacial score (nSPS) is 10.6. The van der Waals surface area contributed by atoms with Gasteiger partial charge in [-0.3, -0.25) is 9.89 Å². The van der Waals surface area contributed by atoms with Gasteiger partial charge in [0.1, 0.15) is 17.1 Å². The molecule has 2 aromatic heterocycles. The summed E-state index contributed by atoms with van der Waals surface area (Å²) in [6, 6.07) is 7.33. The van der Waals surface area contributed by atoms with E-state index in [1.54, 1.807) is 19.1 Å². The standard InChI is InChI=1S/C16H15N5O4/c1-2-25-16(24)10-7-11-13(18-12(10)17)20-21-14(11)19-15(23)8-4-3-5-9(22)6-8/h3-7,22H,2H2,1H3,(H4,17,18,19,20,21,23). The Kier molecular flexibility index (Phi) is 4.21. The Morgan fingerprint density at radius 3 is 2.88 bits per heavy atom. The van der Waals surface area contributed by atoms with Gasteiger partial charge < -0.3 is 20.9 Å². The predicted molar refractivity (Wildman–Crippen MR) is 90.3 cm³/mol. The number of hydrogen-bond donors (Lipinski definition) is 4. The number of aromatic nitrogens is 3. The van der Waals surface area contributed by atoms with Gasteiger partial charge in [0, 0.05) is 5.56 Å². The van der Waals surface area contributed by atoms with Gasteiger partial charge in [0.2, 0.25) is 0 Å². The summed E-state index contributed by atoms with van der Waals surface area (Å²) in [4.78, 5) is 28.3. The summed E-state index contributed by atoms with van der Waals surface area (Å²) in [6.45, 7) is 1.88. The molecule has 5 N–H and O–H groups in total. The summed E-state index contributed by atoms with van der Waals surface area (Å²) < 4.78 is 4.93. The summed E-state index contributed by atoms with van der Waals surface area (Å²) in [5, 5.41) is 19.1. The van der Waals surface area contributed by atoms with Gasteiger partial charge in [-0.15, -0.1) is 0 Å². The van der Waals surface area contributed by atoms with E-state index in [0.29, 0.717) is 11.0 Å². The molecule has 0 aliphatic rings. The minimum absolute atomic E-state index is 0.000424. The Morgan fingerprint density at radius 2 is 2.16 bits per heavy atom. The smallest absolute Gasteiger partial charge is 0.341 e. The summed E-state index contributed by atoms with van der Waals surface area (Å²) >= 11 is 0. The number of H-pyrrole nitrogens is 1. The fraction of sp³-hybridized carbons (Fsp3) is 0.125. The number of nitrogen functional groups attached to an aromatic ring is 1. The van der Waals surface area contributed by atoms with Crippen LogP contribution in [0, 0.1) is 0 Å². The van der Waals surface area contributed by atoms with Crippen molar-refractivity contribution < 1.29 is 19.4 Å². The highest BCUT2D eigenvalue weighted by atomic mass is 16.5. The molecule has 0 aliphatic carbocycles. The Morgan fingerprint density at radius 1 is 1.36 bits per heavy atom. The van der Waals surface area contributed by atoms with Gasteiger partial charge >= 0.3 is 5.97 Å². The number of nitrogens with two attached hydrogens (primary N) is 1. The highest BCUT2D eigenvalue weighted by molar-refractivity contribution is 6.09. The van der Waals surface area contributed by atoms with E-state index in [1.807, 2.05) is 0 Å². The summed E-state index contributed by atoms with van der Waals surface area (Å²) in [5.74, 6) is -0.930. The zero-order valence-electron chi connectivity index (χ0n) is 13.2. The highest BCUT2D eigenvalue weighted by Crippen LogP contribution is 2.24. The van der Waals surface area contributed by atoms with Crippen molar-refractivity contribution in [1.82, 2.24) is 15.2 Å². The lowest BCUT2D eigenvalue weighted by molar-refractivity contribution is 0.0527. The zero-order valence-corrected chi connectivity index (χ0v) is 13.2. The molecule has 0 spiro atoms. The van der Waals surface area contributed by atoms with E-state index in [1.165, 1.54) is 18.2 Å². The maximum Gasteiger partial charge on any atom is 0.341 e. The van der Waals surface area contributed by atoms with Crippen LogP contribution in [-0.4, -0.2) is 38.8 Å². The van der Waals surface area contributed by atoms with Crippen molar-refractivity contribution in [2.24, 2.45) is 0 Å². The van der Waals surface area contributed by atoms with E-state index in [4.69, 9.17) is 10.5 Å². The van der Waals surface area contributed by atoms with Crippen LogP contribution in [0.25, 0.3) is 11.0 Å². The average Bonchev–Trinajstić information content (AvgIpc) is 2.96. The van der Waals surface area contributed by atoms with E-state index >= 15 is 0 Å². The molecule has 2 heterocycles. The van der Waals surface area contributed by atoms with E-state index in [-0.39, 0.29) is 35.1 Å². The molecule has 0 saturated carbocycles. The number of nitrogens with zero attached hydrogens (tertiary/aromatic N) is 2. The molecule has 0 atom stereocenters. The number of ether oxygens (including phenoxy) is 1. The lowest BCUT2D eigenvalue weighted by atomic mass is 10.2. The maximum atomic E-state index is 12.3. The van der Waals surface area contributed by atoms with Crippen molar-refractivity contribution in [2.45, 2.75) is 6.92 Å². The fourth-order valence-corrected chi connectivity index (χ4v) is 2.26. The number of rotatable bonds is 4. The third kappa shape index (κ3) is 3.20. The molecule has 128 valence electrons. The molecule has 0 fully saturated rings. The molecule has 0 aliphatic heterocycles. The van der Waals surface area contributed by atoms with Crippen LogP contribution in [0.2, 0.25) is 0 Å². The van der Waals surface area contributed by atoms with Crippen LogP contribution < -0.4 is 11.1 Å². The molecule has 9 heteroatoms. The van der Waals surface area contributed by atoms with Crippen LogP contribution in [0.1, 0.15) is 27.6 Å². The van der Waals surface area contributed by atoms with Crippen molar-refractivity contribution in [3.63, 3.8) is 0 Å². The molecule has 1 amide bonds. The summed E-state index contributed by atoms with van der Waals surface area (Å²) in [7, 11) is 0. The second kappa shape index (κ2) is 6.48. The molecule has 0 bridgehead atoms. The second-order valence-electron chi connectivity index (χ2n) is 5.11.